The molecule has 1 aromatic rings. The molecule has 0 unspecified atom stereocenters. The lowest BCUT2D eigenvalue weighted by Gasteiger charge is -2.18. The highest BCUT2D eigenvalue weighted by Crippen LogP contribution is 2.29. The van der Waals surface area contributed by atoms with Crippen LogP contribution in [0.1, 0.15) is 12.8 Å². The molecule has 0 saturated carbocycles. The van der Waals surface area contributed by atoms with Gasteiger partial charge in [0, 0.05) is 18.8 Å². The van der Waals surface area contributed by atoms with Gasteiger partial charge in [0.15, 0.2) is 0 Å². The van der Waals surface area contributed by atoms with Gasteiger partial charge in [-0.3, -0.25) is 0 Å². The first kappa shape index (κ1) is 14.7. The van der Waals surface area contributed by atoms with Crippen LogP contribution in [0.15, 0.2) is 18.2 Å². The molecule has 1 aromatic carbocycles. The highest BCUT2D eigenvalue weighted by Gasteiger charge is 2.14. The minimum Gasteiger partial charge on any atom is -0.399 e. The largest absolute Gasteiger partial charge is 0.399 e. The molecule has 0 aromatic heterocycles. The Morgan fingerprint density at radius 3 is 2.27 bits per heavy atom. The van der Waals surface area contributed by atoms with Crippen LogP contribution in [0.2, 0.25) is 5.02 Å². The number of halogens is 3. The molecule has 0 spiro atoms. The molecule has 15 heavy (non-hydrogen) atoms. The van der Waals surface area contributed by atoms with Crippen molar-refractivity contribution in [3.05, 3.63) is 23.2 Å². The van der Waals surface area contributed by atoms with Gasteiger partial charge < -0.3 is 10.6 Å². The van der Waals surface area contributed by atoms with Gasteiger partial charge in [0.25, 0.3) is 0 Å². The third kappa shape index (κ3) is 3.33. The number of nitrogen functional groups attached to an aromatic ring is 1. The van der Waals surface area contributed by atoms with Crippen LogP contribution in [-0.2, 0) is 0 Å². The molecule has 0 amide bonds. The molecule has 0 atom stereocenters. The molecule has 0 bridgehead atoms. The maximum Gasteiger partial charge on any atom is 0.0660 e. The standard InChI is InChI=1S/C10H13ClN2.2ClH/c11-9-7-8(12)3-4-10(9)13-5-1-2-6-13;;/h3-4,7H,1-2,5-6,12H2;2*1H. The Morgan fingerprint density at radius 2 is 1.73 bits per heavy atom. The Kier molecular flexibility index (Phi) is 6.18. The second-order valence-electron chi connectivity index (χ2n) is 3.41. The van der Waals surface area contributed by atoms with Crippen molar-refractivity contribution in [3.8, 4) is 0 Å². The predicted molar refractivity (Wildman–Crippen MR) is 71.8 cm³/mol. The van der Waals surface area contributed by atoms with E-state index in [0.717, 1.165) is 29.5 Å². The van der Waals surface area contributed by atoms with Crippen LogP contribution in [0, 0.1) is 0 Å². The van der Waals surface area contributed by atoms with Gasteiger partial charge in [0.2, 0.25) is 0 Å². The lowest BCUT2D eigenvalue weighted by molar-refractivity contribution is 0.949. The van der Waals surface area contributed by atoms with Gasteiger partial charge in [-0.1, -0.05) is 11.6 Å². The first-order chi connectivity index (χ1) is 6.27. The van der Waals surface area contributed by atoms with Crippen molar-refractivity contribution in [3.63, 3.8) is 0 Å². The van der Waals surface area contributed by atoms with E-state index in [-0.39, 0.29) is 24.8 Å². The molecule has 1 saturated heterocycles. The van der Waals surface area contributed by atoms with Crippen molar-refractivity contribution in [2.24, 2.45) is 0 Å². The highest BCUT2D eigenvalue weighted by atomic mass is 35.5. The summed E-state index contributed by atoms with van der Waals surface area (Å²) in [6.07, 6.45) is 2.53. The molecule has 1 aliphatic rings. The van der Waals surface area contributed by atoms with Gasteiger partial charge in [0.05, 0.1) is 10.7 Å². The summed E-state index contributed by atoms with van der Waals surface area (Å²) in [6, 6.07) is 5.72. The summed E-state index contributed by atoms with van der Waals surface area (Å²) in [6.45, 7) is 2.23. The van der Waals surface area contributed by atoms with E-state index in [1.165, 1.54) is 12.8 Å². The van der Waals surface area contributed by atoms with Crippen molar-refractivity contribution in [2.75, 3.05) is 23.7 Å². The molecule has 5 heteroatoms. The number of benzene rings is 1. The minimum absolute atomic E-state index is 0. The smallest absolute Gasteiger partial charge is 0.0660 e. The number of hydrogen-bond acceptors (Lipinski definition) is 2. The van der Waals surface area contributed by atoms with E-state index in [1.807, 2.05) is 18.2 Å². The van der Waals surface area contributed by atoms with Gasteiger partial charge in [-0.05, 0) is 31.0 Å². The zero-order chi connectivity index (χ0) is 9.26. The Bertz CT molecular complexity index is 312. The molecule has 1 aliphatic heterocycles. The van der Waals surface area contributed by atoms with Crippen molar-refractivity contribution in [2.45, 2.75) is 12.8 Å². The normalized spacial score (nSPS) is 14.3. The van der Waals surface area contributed by atoms with Crippen LogP contribution in [-0.4, -0.2) is 13.1 Å². The summed E-state index contributed by atoms with van der Waals surface area (Å²) in [7, 11) is 0. The SMILES string of the molecule is Cl.Cl.Nc1ccc(N2CCCC2)c(Cl)c1. The van der Waals surface area contributed by atoms with Crippen LogP contribution in [0.25, 0.3) is 0 Å². The van der Waals surface area contributed by atoms with Crippen LogP contribution in [0.4, 0.5) is 11.4 Å². The second-order valence-corrected chi connectivity index (χ2v) is 3.81. The average molecular weight is 270 g/mol. The lowest BCUT2D eigenvalue weighted by atomic mass is 10.2. The molecule has 2 rings (SSSR count). The van der Waals surface area contributed by atoms with E-state index in [9.17, 15) is 0 Å². The number of nitrogens with two attached hydrogens (primary N) is 1. The lowest BCUT2D eigenvalue weighted by Crippen LogP contribution is -2.17. The van der Waals surface area contributed by atoms with Crippen molar-refractivity contribution in [1.82, 2.24) is 0 Å². The maximum atomic E-state index is 6.09. The summed E-state index contributed by atoms with van der Waals surface area (Å²) in [4.78, 5) is 2.31. The quantitative estimate of drug-likeness (QED) is 0.792. The molecular weight excluding hydrogens is 254 g/mol. The Balaban J connectivity index is 0.000000980. The zero-order valence-corrected chi connectivity index (χ0v) is 10.7. The van der Waals surface area contributed by atoms with Gasteiger partial charge >= 0.3 is 0 Å². The van der Waals surface area contributed by atoms with E-state index < -0.39 is 0 Å². The third-order valence-electron chi connectivity index (χ3n) is 2.42. The summed E-state index contributed by atoms with van der Waals surface area (Å²) in [5.41, 5.74) is 7.47. The van der Waals surface area contributed by atoms with E-state index in [4.69, 9.17) is 17.3 Å². The Morgan fingerprint density at radius 1 is 1.13 bits per heavy atom. The first-order valence-corrected chi connectivity index (χ1v) is 4.95. The molecule has 0 radical (unpaired) electrons. The van der Waals surface area contributed by atoms with Gasteiger partial charge in [0.1, 0.15) is 0 Å². The zero-order valence-electron chi connectivity index (χ0n) is 8.28. The summed E-state index contributed by atoms with van der Waals surface area (Å²) < 4.78 is 0. The van der Waals surface area contributed by atoms with Crippen LogP contribution < -0.4 is 10.6 Å². The van der Waals surface area contributed by atoms with E-state index in [0.29, 0.717) is 0 Å². The van der Waals surface area contributed by atoms with E-state index in [2.05, 4.69) is 4.90 Å². The maximum absolute atomic E-state index is 6.09. The summed E-state index contributed by atoms with van der Waals surface area (Å²) in [5, 5.41) is 0.766. The summed E-state index contributed by atoms with van der Waals surface area (Å²) >= 11 is 6.09. The van der Waals surface area contributed by atoms with E-state index in [1.54, 1.807) is 0 Å². The average Bonchev–Trinajstić information content (AvgIpc) is 2.56. The molecule has 1 fully saturated rings. The van der Waals surface area contributed by atoms with Crippen molar-refractivity contribution in [1.29, 1.82) is 0 Å². The van der Waals surface area contributed by atoms with Crippen LogP contribution >= 0.6 is 36.4 Å². The molecular formula is C10H15Cl3N2. The van der Waals surface area contributed by atoms with Crippen LogP contribution in [0.3, 0.4) is 0 Å². The van der Waals surface area contributed by atoms with Gasteiger partial charge in [-0.25, -0.2) is 0 Å². The first-order valence-electron chi connectivity index (χ1n) is 4.57. The fourth-order valence-electron chi connectivity index (χ4n) is 1.74. The van der Waals surface area contributed by atoms with Gasteiger partial charge in [-0.2, -0.15) is 0 Å². The molecule has 0 aliphatic carbocycles. The molecule has 1 heterocycles. The number of nitrogens with zero attached hydrogens (tertiary/aromatic N) is 1. The fraction of sp³-hybridized carbons (Fsp3) is 0.400. The van der Waals surface area contributed by atoms with Crippen molar-refractivity contribution < 1.29 is 0 Å². The predicted octanol–water partition coefficient (Wildman–Crippen LogP) is 3.37. The molecule has 2 N–H and O–H groups in total. The van der Waals surface area contributed by atoms with E-state index >= 15 is 0 Å². The fourth-order valence-corrected chi connectivity index (χ4v) is 2.05. The number of hydrogen-bond donors (Lipinski definition) is 1. The third-order valence-corrected chi connectivity index (χ3v) is 2.72. The van der Waals surface area contributed by atoms with Crippen LogP contribution in [0.5, 0.6) is 0 Å². The number of rotatable bonds is 1. The van der Waals surface area contributed by atoms with Crippen molar-refractivity contribution >= 4 is 47.8 Å². The second kappa shape index (κ2) is 6.31. The topological polar surface area (TPSA) is 29.3 Å². The van der Waals surface area contributed by atoms with Gasteiger partial charge in [-0.15, -0.1) is 24.8 Å². The highest BCUT2D eigenvalue weighted by molar-refractivity contribution is 6.33. The monoisotopic (exact) mass is 268 g/mol. The molecule has 86 valence electrons. The Labute approximate surface area is 108 Å². The Hall–Kier alpha value is -0.310. The minimum atomic E-state index is 0. The number of anilines is 2. The molecule has 2 nitrogen and oxygen atoms in total. The summed E-state index contributed by atoms with van der Waals surface area (Å²) in [5.74, 6) is 0.